The highest BCUT2D eigenvalue weighted by atomic mass is 79.9. The molecule has 0 aliphatic rings. The van der Waals surface area contributed by atoms with Crippen LogP contribution < -0.4 is 5.56 Å². The first-order valence-electron chi connectivity index (χ1n) is 5.98. The molecule has 1 heterocycles. The van der Waals surface area contributed by atoms with Crippen LogP contribution in [0.15, 0.2) is 33.8 Å². The summed E-state index contributed by atoms with van der Waals surface area (Å²) in [7, 11) is 0. The second-order valence-electron chi connectivity index (χ2n) is 4.19. The molecular formula is C13H15BrN2OS. The Morgan fingerprint density at radius 2 is 2.11 bits per heavy atom. The number of aromatic nitrogens is 2. The Hall–Kier alpha value is -0.810. The van der Waals surface area contributed by atoms with Crippen LogP contribution >= 0.6 is 28.6 Å². The van der Waals surface area contributed by atoms with E-state index in [1.165, 1.54) is 0 Å². The number of aryl methyl sites for hydroxylation is 1. The molecule has 2 aromatic rings. The summed E-state index contributed by atoms with van der Waals surface area (Å²) in [5.41, 5.74) is 0.780. The SMILES string of the molecule is O=c1c2cc(Br)ccc2ncn1CCCCCS. The number of rotatable bonds is 5. The van der Waals surface area contributed by atoms with Gasteiger partial charge in [-0.05, 0) is 36.8 Å². The second kappa shape index (κ2) is 6.38. The number of halogens is 1. The van der Waals surface area contributed by atoms with E-state index in [9.17, 15) is 4.79 Å². The number of unbranched alkanes of at least 4 members (excludes halogenated alkanes) is 2. The third-order valence-electron chi connectivity index (χ3n) is 2.84. The Morgan fingerprint density at radius 1 is 1.28 bits per heavy atom. The van der Waals surface area contributed by atoms with Gasteiger partial charge in [0.05, 0.1) is 17.2 Å². The number of benzene rings is 1. The molecule has 18 heavy (non-hydrogen) atoms. The van der Waals surface area contributed by atoms with Gasteiger partial charge in [0.2, 0.25) is 0 Å². The lowest BCUT2D eigenvalue weighted by atomic mass is 10.2. The minimum absolute atomic E-state index is 0.0344. The first-order valence-corrected chi connectivity index (χ1v) is 7.40. The summed E-state index contributed by atoms with van der Waals surface area (Å²) >= 11 is 7.55. The molecular weight excluding hydrogens is 312 g/mol. The van der Waals surface area contributed by atoms with E-state index in [2.05, 4.69) is 33.5 Å². The van der Waals surface area contributed by atoms with Gasteiger partial charge in [0.15, 0.2) is 0 Å². The van der Waals surface area contributed by atoms with Crippen LogP contribution in [-0.2, 0) is 6.54 Å². The molecule has 1 aromatic carbocycles. The largest absolute Gasteiger partial charge is 0.299 e. The van der Waals surface area contributed by atoms with Crippen molar-refractivity contribution in [3.05, 3.63) is 39.4 Å². The summed E-state index contributed by atoms with van der Waals surface area (Å²) in [6, 6.07) is 5.58. The standard InChI is InChI=1S/C13H15BrN2OS/c14-10-4-5-12-11(8-10)13(17)16(9-15-12)6-2-1-3-7-18/h4-5,8-9,18H,1-3,6-7H2. The molecule has 0 saturated heterocycles. The third-order valence-corrected chi connectivity index (χ3v) is 3.65. The first-order chi connectivity index (χ1) is 8.72. The summed E-state index contributed by atoms with van der Waals surface area (Å²) in [5, 5.41) is 0.668. The first kappa shape index (κ1) is 13.6. The van der Waals surface area contributed by atoms with Crippen molar-refractivity contribution in [2.24, 2.45) is 0 Å². The van der Waals surface area contributed by atoms with Gasteiger partial charge in [-0.2, -0.15) is 12.6 Å². The van der Waals surface area contributed by atoms with Crippen molar-refractivity contribution in [2.45, 2.75) is 25.8 Å². The number of hydrogen-bond donors (Lipinski definition) is 1. The molecule has 0 unspecified atom stereocenters. The summed E-state index contributed by atoms with van der Waals surface area (Å²) in [4.78, 5) is 16.5. The maximum atomic E-state index is 12.2. The van der Waals surface area contributed by atoms with E-state index in [0.29, 0.717) is 5.39 Å². The van der Waals surface area contributed by atoms with Gasteiger partial charge in [-0.25, -0.2) is 4.98 Å². The summed E-state index contributed by atoms with van der Waals surface area (Å²) in [6.07, 6.45) is 4.80. The molecule has 0 bridgehead atoms. The smallest absolute Gasteiger partial charge is 0.261 e. The maximum Gasteiger partial charge on any atom is 0.261 e. The van der Waals surface area contributed by atoms with Crippen LogP contribution in [0.25, 0.3) is 10.9 Å². The molecule has 0 N–H and O–H groups in total. The second-order valence-corrected chi connectivity index (χ2v) is 5.55. The quantitative estimate of drug-likeness (QED) is 0.676. The normalized spacial score (nSPS) is 11.0. The highest BCUT2D eigenvalue weighted by Crippen LogP contribution is 2.14. The number of fused-ring (bicyclic) bond motifs is 1. The summed E-state index contributed by atoms with van der Waals surface area (Å²) in [5.74, 6) is 0.901. The Kier molecular flexibility index (Phi) is 4.83. The van der Waals surface area contributed by atoms with Crippen LogP contribution in [0.2, 0.25) is 0 Å². The fourth-order valence-corrected chi connectivity index (χ4v) is 2.45. The fraction of sp³-hybridized carbons (Fsp3) is 0.385. The molecule has 0 aliphatic heterocycles. The number of thiol groups is 1. The van der Waals surface area contributed by atoms with Gasteiger partial charge in [0, 0.05) is 11.0 Å². The number of nitrogens with zero attached hydrogens (tertiary/aromatic N) is 2. The Balaban J connectivity index is 2.24. The van der Waals surface area contributed by atoms with E-state index in [-0.39, 0.29) is 5.56 Å². The van der Waals surface area contributed by atoms with Gasteiger partial charge >= 0.3 is 0 Å². The van der Waals surface area contributed by atoms with Gasteiger partial charge in [-0.3, -0.25) is 9.36 Å². The van der Waals surface area contributed by atoms with Gasteiger partial charge < -0.3 is 0 Å². The van der Waals surface area contributed by atoms with Crippen molar-refractivity contribution in [3.8, 4) is 0 Å². The molecule has 0 spiro atoms. The van der Waals surface area contributed by atoms with Gasteiger partial charge in [0.1, 0.15) is 0 Å². The van der Waals surface area contributed by atoms with Crippen LogP contribution in [0.5, 0.6) is 0 Å². The van der Waals surface area contributed by atoms with Crippen molar-refractivity contribution in [1.29, 1.82) is 0 Å². The van der Waals surface area contributed by atoms with Crippen molar-refractivity contribution < 1.29 is 0 Å². The predicted molar refractivity (Wildman–Crippen MR) is 81.4 cm³/mol. The van der Waals surface area contributed by atoms with E-state index in [1.807, 2.05) is 18.2 Å². The van der Waals surface area contributed by atoms with Crippen LogP contribution in [0.4, 0.5) is 0 Å². The van der Waals surface area contributed by atoms with Crippen LogP contribution in [-0.4, -0.2) is 15.3 Å². The Morgan fingerprint density at radius 3 is 2.89 bits per heavy atom. The monoisotopic (exact) mass is 326 g/mol. The van der Waals surface area contributed by atoms with Crippen LogP contribution in [0.1, 0.15) is 19.3 Å². The van der Waals surface area contributed by atoms with Crippen molar-refractivity contribution in [2.75, 3.05) is 5.75 Å². The Labute approximate surface area is 120 Å². The lowest BCUT2D eigenvalue weighted by Crippen LogP contribution is -2.20. The van der Waals surface area contributed by atoms with Crippen LogP contribution in [0.3, 0.4) is 0 Å². The predicted octanol–water partition coefficient (Wildman–Crippen LogP) is 3.26. The molecule has 0 radical (unpaired) electrons. The van der Waals surface area contributed by atoms with E-state index < -0.39 is 0 Å². The highest BCUT2D eigenvalue weighted by Gasteiger charge is 2.04. The lowest BCUT2D eigenvalue weighted by Gasteiger charge is -2.06. The van der Waals surface area contributed by atoms with Gasteiger partial charge in [0.25, 0.3) is 5.56 Å². The van der Waals surface area contributed by atoms with E-state index in [4.69, 9.17) is 0 Å². The molecule has 0 atom stereocenters. The van der Waals surface area contributed by atoms with E-state index in [1.54, 1.807) is 10.9 Å². The van der Waals surface area contributed by atoms with Gasteiger partial charge in [-0.15, -0.1) is 0 Å². The molecule has 1 aromatic heterocycles. The fourth-order valence-electron chi connectivity index (χ4n) is 1.86. The zero-order valence-electron chi connectivity index (χ0n) is 9.97. The topological polar surface area (TPSA) is 34.9 Å². The van der Waals surface area contributed by atoms with Crippen molar-refractivity contribution in [3.63, 3.8) is 0 Å². The van der Waals surface area contributed by atoms with Crippen molar-refractivity contribution >= 4 is 39.5 Å². The maximum absolute atomic E-state index is 12.2. The zero-order chi connectivity index (χ0) is 13.0. The minimum atomic E-state index is 0.0344. The molecule has 96 valence electrons. The molecule has 5 heteroatoms. The summed E-state index contributed by atoms with van der Waals surface area (Å²) < 4.78 is 2.59. The summed E-state index contributed by atoms with van der Waals surface area (Å²) in [6.45, 7) is 0.724. The molecule has 0 aliphatic carbocycles. The molecule has 0 saturated carbocycles. The zero-order valence-corrected chi connectivity index (χ0v) is 12.5. The van der Waals surface area contributed by atoms with E-state index >= 15 is 0 Å². The van der Waals surface area contributed by atoms with Gasteiger partial charge in [-0.1, -0.05) is 22.4 Å². The Bertz CT molecular complexity index is 597. The molecule has 2 rings (SSSR count). The highest BCUT2D eigenvalue weighted by molar-refractivity contribution is 9.10. The average molecular weight is 327 g/mol. The molecule has 3 nitrogen and oxygen atoms in total. The minimum Gasteiger partial charge on any atom is -0.299 e. The van der Waals surface area contributed by atoms with Crippen LogP contribution in [0, 0.1) is 0 Å². The average Bonchev–Trinajstić information content (AvgIpc) is 2.38. The lowest BCUT2D eigenvalue weighted by molar-refractivity contribution is 0.586. The van der Waals surface area contributed by atoms with Crippen molar-refractivity contribution in [1.82, 2.24) is 9.55 Å². The molecule has 0 fully saturated rings. The van der Waals surface area contributed by atoms with E-state index in [0.717, 1.165) is 41.5 Å². The number of hydrogen-bond acceptors (Lipinski definition) is 3. The molecule has 0 amide bonds. The third kappa shape index (κ3) is 3.14.